The fraction of sp³-hybridized carbons (Fsp3) is 1.00. The fourth-order valence-electron chi connectivity index (χ4n) is 3.43. The minimum atomic E-state index is 0.583. The van der Waals surface area contributed by atoms with Crippen LogP contribution in [0.4, 0.5) is 0 Å². The largest absolute Gasteiger partial charge is 0.305 e. The van der Waals surface area contributed by atoms with Crippen molar-refractivity contribution in [2.24, 2.45) is 5.41 Å². The molecule has 0 bridgehead atoms. The molecule has 100 valence electrons. The number of hydrogen-bond donors (Lipinski definition) is 0. The maximum Gasteiger partial charge on any atom is 0.0109 e. The van der Waals surface area contributed by atoms with Gasteiger partial charge >= 0.3 is 0 Å². The zero-order valence-electron chi connectivity index (χ0n) is 11.3. The Kier molecular flexibility index (Phi) is 5.31. The van der Waals surface area contributed by atoms with Crippen LogP contribution in [0, 0.1) is 5.41 Å². The summed E-state index contributed by atoms with van der Waals surface area (Å²) in [6.07, 6.45) is 8.54. The van der Waals surface area contributed by atoms with Crippen molar-refractivity contribution in [3.63, 3.8) is 0 Å². The standard InChI is InChI=1S/C14H27BrN2/c1-16(10-11-17-8-4-5-9-17)13-14(12-15)6-2-3-7-14/h2-13H2,1H3. The summed E-state index contributed by atoms with van der Waals surface area (Å²) in [7, 11) is 2.30. The quantitative estimate of drug-likeness (QED) is 0.696. The van der Waals surface area contributed by atoms with Crippen LogP contribution in [0.15, 0.2) is 0 Å². The van der Waals surface area contributed by atoms with E-state index in [-0.39, 0.29) is 0 Å². The molecule has 0 spiro atoms. The zero-order chi connectivity index (χ0) is 12.1. The summed E-state index contributed by atoms with van der Waals surface area (Å²) in [6, 6.07) is 0. The average Bonchev–Trinajstić information content (AvgIpc) is 2.98. The van der Waals surface area contributed by atoms with Crippen molar-refractivity contribution >= 4 is 15.9 Å². The van der Waals surface area contributed by atoms with Crippen molar-refractivity contribution in [2.45, 2.75) is 38.5 Å². The maximum atomic E-state index is 3.74. The number of nitrogens with zero attached hydrogens (tertiary/aromatic N) is 2. The normalized spacial score (nSPS) is 24.9. The zero-order valence-corrected chi connectivity index (χ0v) is 12.8. The molecule has 3 heteroatoms. The first-order valence-electron chi connectivity index (χ1n) is 7.21. The van der Waals surface area contributed by atoms with E-state index in [0.717, 1.165) is 0 Å². The first-order chi connectivity index (χ1) is 8.24. The van der Waals surface area contributed by atoms with E-state index in [1.807, 2.05) is 0 Å². The molecule has 0 aromatic rings. The number of likely N-dealkylation sites (tertiary alicyclic amines) is 1. The van der Waals surface area contributed by atoms with Gasteiger partial charge < -0.3 is 9.80 Å². The minimum absolute atomic E-state index is 0.583. The van der Waals surface area contributed by atoms with Crippen molar-refractivity contribution in [2.75, 3.05) is 45.1 Å². The Bertz CT molecular complexity index is 220. The molecule has 1 heterocycles. The van der Waals surface area contributed by atoms with Gasteiger partial charge in [-0.3, -0.25) is 0 Å². The van der Waals surface area contributed by atoms with Crippen LogP contribution in [0.3, 0.4) is 0 Å². The van der Waals surface area contributed by atoms with E-state index in [1.54, 1.807) is 0 Å². The maximum absolute atomic E-state index is 3.74. The topological polar surface area (TPSA) is 6.48 Å². The molecule has 17 heavy (non-hydrogen) atoms. The van der Waals surface area contributed by atoms with Gasteiger partial charge in [-0.05, 0) is 51.2 Å². The lowest BCUT2D eigenvalue weighted by Gasteiger charge is -2.32. The summed E-state index contributed by atoms with van der Waals surface area (Å²) in [4.78, 5) is 5.18. The van der Waals surface area contributed by atoms with E-state index >= 15 is 0 Å². The number of rotatable bonds is 6. The molecule has 0 atom stereocenters. The first-order valence-corrected chi connectivity index (χ1v) is 8.33. The molecule has 0 aromatic heterocycles. The molecule has 1 saturated heterocycles. The molecule has 1 saturated carbocycles. The van der Waals surface area contributed by atoms with Crippen LogP contribution in [0.25, 0.3) is 0 Å². The van der Waals surface area contributed by atoms with Crippen LogP contribution in [-0.4, -0.2) is 54.9 Å². The Morgan fingerprint density at radius 1 is 1.12 bits per heavy atom. The summed E-state index contributed by atoms with van der Waals surface area (Å²) in [6.45, 7) is 6.46. The van der Waals surface area contributed by atoms with Gasteiger partial charge in [-0.1, -0.05) is 28.8 Å². The van der Waals surface area contributed by atoms with Crippen molar-refractivity contribution in [1.29, 1.82) is 0 Å². The molecular weight excluding hydrogens is 276 g/mol. The third-order valence-corrected chi connectivity index (χ3v) is 5.74. The summed E-state index contributed by atoms with van der Waals surface area (Å²) in [5.41, 5.74) is 0.583. The molecule has 2 nitrogen and oxygen atoms in total. The van der Waals surface area contributed by atoms with Crippen LogP contribution in [0.1, 0.15) is 38.5 Å². The lowest BCUT2D eigenvalue weighted by atomic mass is 9.88. The highest BCUT2D eigenvalue weighted by atomic mass is 79.9. The molecule has 2 rings (SSSR count). The van der Waals surface area contributed by atoms with E-state index in [9.17, 15) is 0 Å². The molecule has 2 fully saturated rings. The molecule has 0 amide bonds. The predicted octanol–water partition coefficient (Wildman–Crippen LogP) is 2.97. The third kappa shape index (κ3) is 3.93. The predicted molar refractivity (Wildman–Crippen MR) is 77.9 cm³/mol. The lowest BCUT2D eigenvalue weighted by molar-refractivity contribution is 0.182. The third-order valence-electron chi connectivity index (χ3n) is 4.55. The average molecular weight is 303 g/mol. The Morgan fingerprint density at radius 3 is 2.35 bits per heavy atom. The summed E-state index contributed by atoms with van der Waals surface area (Å²) in [5.74, 6) is 0. The molecule has 0 unspecified atom stereocenters. The molecule has 0 radical (unpaired) electrons. The van der Waals surface area contributed by atoms with Gasteiger partial charge in [-0.25, -0.2) is 0 Å². The second kappa shape index (κ2) is 6.53. The Balaban J connectivity index is 1.70. The highest BCUT2D eigenvalue weighted by Crippen LogP contribution is 2.40. The van der Waals surface area contributed by atoms with Gasteiger partial charge in [0.1, 0.15) is 0 Å². The van der Waals surface area contributed by atoms with Crippen molar-refractivity contribution in [1.82, 2.24) is 9.80 Å². The molecule has 1 aliphatic carbocycles. The van der Waals surface area contributed by atoms with Crippen molar-refractivity contribution < 1.29 is 0 Å². The molecule has 1 aliphatic heterocycles. The highest BCUT2D eigenvalue weighted by molar-refractivity contribution is 9.09. The summed E-state index contributed by atoms with van der Waals surface area (Å²) >= 11 is 3.74. The first kappa shape index (κ1) is 13.8. The highest BCUT2D eigenvalue weighted by Gasteiger charge is 2.33. The van der Waals surface area contributed by atoms with E-state index in [2.05, 4.69) is 32.8 Å². The van der Waals surface area contributed by atoms with Crippen molar-refractivity contribution in [3.05, 3.63) is 0 Å². The van der Waals surface area contributed by atoms with Crippen LogP contribution in [0.5, 0.6) is 0 Å². The minimum Gasteiger partial charge on any atom is -0.305 e. The lowest BCUT2D eigenvalue weighted by Crippen LogP contribution is -2.39. The molecular formula is C14H27BrN2. The molecule has 0 N–H and O–H groups in total. The number of hydrogen-bond acceptors (Lipinski definition) is 2. The molecule has 0 aromatic carbocycles. The van der Waals surface area contributed by atoms with E-state index in [4.69, 9.17) is 0 Å². The van der Waals surface area contributed by atoms with Crippen molar-refractivity contribution in [3.8, 4) is 0 Å². The Hall–Kier alpha value is 0.400. The van der Waals surface area contributed by atoms with Crippen LogP contribution < -0.4 is 0 Å². The summed E-state index contributed by atoms with van der Waals surface area (Å²) in [5, 5.41) is 1.19. The number of alkyl halides is 1. The second-order valence-corrected chi connectivity index (χ2v) is 6.69. The van der Waals surface area contributed by atoms with Gasteiger partial charge in [0.05, 0.1) is 0 Å². The van der Waals surface area contributed by atoms with Crippen LogP contribution >= 0.6 is 15.9 Å². The van der Waals surface area contributed by atoms with E-state index in [0.29, 0.717) is 5.41 Å². The second-order valence-electron chi connectivity index (χ2n) is 6.13. The Morgan fingerprint density at radius 2 is 1.76 bits per heavy atom. The smallest absolute Gasteiger partial charge is 0.0109 e. The summed E-state index contributed by atoms with van der Waals surface area (Å²) < 4.78 is 0. The SMILES string of the molecule is CN(CCN1CCCC1)CC1(CBr)CCCC1. The van der Waals surface area contributed by atoms with Gasteiger partial charge in [-0.15, -0.1) is 0 Å². The van der Waals surface area contributed by atoms with E-state index < -0.39 is 0 Å². The number of likely N-dealkylation sites (N-methyl/N-ethyl adjacent to an activating group) is 1. The van der Waals surface area contributed by atoms with Crippen LogP contribution in [-0.2, 0) is 0 Å². The van der Waals surface area contributed by atoms with Gasteiger partial charge in [0.15, 0.2) is 0 Å². The fourth-order valence-corrected chi connectivity index (χ4v) is 4.17. The molecule has 2 aliphatic rings. The van der Waals surface area contributed by atoms with Gasteiger partial charge in [0.25, 0.3) is 0 Å². The number of halogens is 1. The van der Waals surface area contributed by atoms with E-state index in [1.165, 1.54) is 76.6 Å². The van der Waals surface area contributed by atoms with Gasteiger partial charge in [-0.2, -0.15) is 0 Å². The van der Waals surface area contributed by atoms with Gasteiger partial charge in [0, 0.05) is 25.0 Å². The monoisotopic (exact) mass is 302 g/mol. The van der Waals surface area contributed by atoms with Gasteiger partial charge in [0.2, 0.25) is 0 Å². The van der Waals surface area contributed by atoms with Crippen LogP contribution in [0.2, 0.25) is 0 Å². The Labute approximate surface area is 115 Å².